The Morgan fingerprint density at radius 3 is 2.53 bits per heavy atom. The van der Waals surface area contributed by atoms with Crippen molar-refractivity contribution in [3.63, 3.8) is 0 Å². The van der Waals surface area contributed by atoms with Crippen molar-refractivity contribution in [1.29, 1.82) is 5.26 Å². The van der Waals surface area contributed by atoms with Crippen molar-refractivity contribution in [2.24, 2.45) is 5.92 Å². The van der Waals surface area contributed by atoms with Crippen molar-refractivity contribution in [3.8, 4) is 6.07 Å². The number of hydrogen-bond acceptors (Lipinski definition) is 6. The van der Waals surface area contributed by atoms with E-state index in [1.54, 1.807) is 4.90 Å². The van der Waals surface area contributed by atoms with E-state index in [-0.39, 0.29) is 35.4 Å². The lowest BCUT2D eigenvalue weighted by Crippen LogP contribution is -2.56. The molecule has 1 aromatic heterocycles. The summed E-state index contributed by atoms with van der Waals surface area (Å²) in [5, 5.41) is 19.7. The number of carbonyl (C=O) groups excluding carboxylic acids is 2. The maximum absolute atomic E-state index is 13.8. The third-order valence-electron chi connectivity index (χ3n) is 9.04. The second-order valence-corrected chi connectivity index (χ2v) is 12.0. The molecule has 2 heterocycles. The normalized spacial score (nSPS) is 25.6. The van der Waals surface area contributed by atoms with E-state index in [2.05, 4.69) is 75.8 Å². The van der Waals surface area contributed by atoms with Crippen LogP contribution < -0.4 is 5.32 Å². The van der Waals surface area contributed by atoms with Gasteiger partial charge in [0.05, 0.1) is 5.54 Å². The highest BCUT2D eigenvalue weighted by atomic mass is 32.2. The average molecular weight is 536 g/mol. The SMILES string of the molecule is CSc1[nH]nc(NC(=O)CN2C[C@]3(CC[C@](c4ccccc4)(N(C)C)CC3)N(CC3CCC3)C2=O)c1C#N. The van der Waals surface area contributed by atoms with Crippen LogP contribution in [0.5, 0.6) is 0 Å². The minimum atomic E-state index is -0.336. The van der Waals surface area contributed by atoms with Crippen molar-refractivity contribution < 1.29 is 9.59 Å². The molecule has 9 nitrogen and oxygen atoms in total. The van der Waals surface area contributed by atoms with Crippen molar-refractivity contribution in [2.75, 3.05) is 45.3 Å². The summed E-state index contributed by atoms with van der Waals surface area (Å²) in [4.78, 5) is 32.9. The lowest BCUT2D eigenvalue weighted by Gasteiger charge is -2.51. The fraction of sp³-hybridized carbons (Fsp3) is 0.571. The molecule has 3 aliphatic rings. The summed E-state index contributed by atoms with van der Waals surface area (Å²) in [6.45, 7) is 1.27. The third-order valence-corrected chi connectivity index (χ3v) is 9.74. The number of aromatic nitrogens is 2. The van der Waals surface area contributed by atoms with E-state index in [1.165, 1.54) is 36.6 Å². The van der Waals surface area contributed by atoms with Gasteiger partial charge in [-0.15, -0.1) is 11.8 Å². The summed E-state index contributed by atoms with van der Waals surface area (Å²) in [7, 11) is 4.31. The number of nitriles is 1. The molecule has 0 atom stereocenters. The fourth-order valence-electron chi connectivity index (χ4n) is 6.52. The zero-order chi connectivity index (χ0) is 26.9. The van der Waals surface area contributed by atoms with Crippen molar-refractivity contribution in [1.82, 2.24) is 24.9 Å². The zero-order valence-corrected chi connectivity index (χ0v) is 23.3. The molecule has 38 heavy (non-hydrogen) atoms. The van der Waals surface area contributed by atoms with Gasteiger partial charge >= 0.3 is 6.03 Å². The highest BCUT2D eigenvalue weighted by molar-refractivity contribution is 7.98. The van der Waals surface area contributed by atoms with E-state index in [1.807, 2.05) is 6.26 Å². The van der Waals surface area contributed by atoms with Gasteiger partial charge in [-0.3, -0.25) is 14.8 Å². The van der Waals surface area contributed by atoms with Gasteiger partial charge in [0.2, 0.25) is 5.91 Å². The lowest BCUT2D eigenvalue weighted by atomic mass is 9.68. The summed E-state index contributed by atoms with van der Waals surface area (Å²) in [6.07, 6.45) is 9.10. The molecule has 1 aromatic carbocycles. The summed E-state index contributed by atoms with van der Waals surface area (Å²) in [6, 6.07) is 12.7. The fourth-order valence-corrected chi connectivity index (χ4v) is 7.01. The molecule has 5 rings (SSSR count). The Hall–Kier alpha value is -3.03. The number of urea groups is 1. The van der Waals surface area contributed by atoms with Crippen LogP contribution in [-0.2, 0) is 10.3 Å². The number of rotatable bonds is 8. The van der Waals surface area contributed by atoms with Gasteiger partial charge in [0.15, 0.2) is 5.82 Å². The number of benzene rings is 1. The largest absolute Gasteiger partial charge is 0.321 e. The van der Waals surface area contributed by atoms with Crippen molar-refractivity contribution >= 4 is 29.5 Å². The zero-order valence-electron chi connectivity index (χ0n) is 22.5. The van der Waals surface area contributed by atoms with E-state index in [9.17, 15) is 14.9 Å². The van der Waals surface area contributed by atoms with E-state index < -0.39 is 0 Å². The van der Waals surface area contributed by atoms with Gasteiger partial charge < -0.3 is 15.1 Å². The first kappa shape index (κ1) is 26.6. The van der Waals surface area contributed by atoms with Crippen molar-refractivity contribution in [2.45, 2.75) is 61.0 Å². The van der Waals surface area contributed by atoms with E-state index in [4.69, 9.17) is 0 Å². The van der Waals surface area contributed by atoms with Crippen LogP contribution in [0.25, 0.3) is 0 Å². The first-order valence-electron chi connectivity index (χ1n) is 13.4. The van der Waals surface area contributed by atoms with Crippen LogP contribution in [0.15, 0.2) is 35.4 Å². The molecular weight excluding hydrogens is 498 g/mol. The van der Waals surface area contributed by atoms with Crippen molar-refractivity contribution in [3.05, 3.63) is 41.5 Å². The smallest absolute Gasteiger partial charge is 0.317 e. The number of nitrogens with zero attached hydrogens (tertiary/aromatic N) is 5. The molecule has 0 bridgehead atoms. The minimum absolute atomic E-state index is 0.0450. The van der Waals surface area contributed by atoms with Crippen LogP contribution in [0, 0.1) is 17.2 Å². The molecule has 2 saturated carbocycles. The first-order chi connectivity index (χ1) is 18.3. The molecule has 2 N–H and O–H groups in total. The third kappa shape index (κ3) is 4.67. The summed E-state index contributed by atoms with van der Waals surface area (Å²) >= 11 is 1.36. The molecular formula is C28H37N7O2S. The second kappa shape index (κ2) is 10.6. The highest BCUT2D eigenvalue weighted by Gasteiger charge is 2.55. The Kier molecular flexibility index (Phi) is 7.43. The van der Waals surface area contributed by atoms with E-state index >= 15 is 0 Å². The van der Waals surface area contributed by atoms with Crippen LogP contribution >= 0.6 is 11.8 Å². The average Bonchev–Trinajstić information content (AvgIpc) is 3.39. The molecule has 10 heteroatoms. The van der Waals surface area contributed by atoms with Gasteiger partial charge in [0.1, 0.15) is 23.2 Å². The Morgan fingerprint density at radius 1 is 1.24 bits per heavy atom. The Balaban J connectivity index is 1.34. The molecule has 3 amide bonds. The molecule has 2 aliphatic carbocycles. The Morgan fingerprint density at radius 2 is 1.95 bits per heavy atom. The summed E-state index contributed by atoms with van der Waals surface area (Å²) in [5.41, 5.74) is 1.31. The molecule has 0 radical (unpaired) electrons. The van der Waals surface area contributed by atoms with E-state index in [0.717, 1.165) is 32.2 Å². The van der Waals surface area contributed by atoms with Crippen LogP contribution in [0.3, 0.4) is 0 Å². The maximum Gasteiger partial charge on any atom is 0.321 e. The van der Waals surface area contributed by atoms with Crippen LogP contribution in [0.2, 0.25) is 0 Å². The monoisotopic (exact) mass is 535 g/mol. The second-order valence-electron chi connectivity index (χ2n) is 11.2. The molecule has 3 fully saturated rings. The minimum Gasteiger partial charge on any atom is -0.317 e. The predicted octanol–water partition coefficient (Wildman–Crippen LogP) is 4.25. The number of hydrogen-bond donors (Lipinski definition) is 2. The molecule has 1 saturated heterocycles. The number of anilines is 1. The lowest BCUT2D eigenvalue weighted by molar-refractivity contribution is -0.116. The van der Waals surface area contributed by atoms with Gasteiger partial charge in [-0.1, -0.05) is 36.8 Å². The van der Waals surface area contributed by atoms with Gasteiger partial charge in [-0.2, -0.15) is 10.4 Å². The molecule has 1 spiro atoms. The number of aromatic amines is 1. The van der Waals surface area contributed by atoms with Gasteiger partial charge in [0.25, 0.3) is 0 Å². The Bertz CT molecular complexity index is 1210. The van der Waals surface area contributed by atoms with Gasteiger partial charge in [-0.05, 0) is 70.4 Å². The van der Waals surface area contributed by atoms with E-state index in [0.29, 0.717) is 23.1 Å². The first-order valence-corrected chi connectivity index (χ1v) is 14.7. The van der Waals surface area contributed by atoms with Gasteiger partial charge in [0, 0.05) is 18.6 Å². The number of H-pyrrole nitrogens is 1. The Labute approximate surface area is 228 Å². The number of carbonyl (C=O) groups is 2. The predicted molar refractivity (Wildman–Crippen MR) is 148 cm³/mol. The van der Waals surface area contributed by atoms with Gasteiger partial charge in [-0.25, -0.2) is 4.79 Å². The maximum atomic E-state index is 13.8. The summed E-state index contributed by atoms with van der Waals surface area (Å²) < 4.78 is 0. The summed E-state index contributed by atoms with van der Waals surface area (Å²) in [5.74, 6) is 0.426. The number of thioether (sulfide) groups is 1. The van der Waals surface area contributed by atoms with Crippen LogP contribution in [0.4, 0.5) is 10.6 Å². The quantitative estimate of drug-likeness (QED) is 0.489. The standard InChI is InChI=1S/C28H37N7O2S/c1-33(2)28(21-10-5-4-6-11-21)14-12-27(13-15-28)19-34(26(37)35(27)17-20-8-7-9-20)18-23(36)30-24-22(16-29)25(38-3)32-31-24/h4-6,10-11,20H,7-9,12-15,17-19H2,1-3H3,(H2,30,31,32,36)/t27-,28+. The number of amides is 3. The molecule has 2 aromatic rings. The molecule has 0 unspecified atom stereocenters. The topological polar surface area (TPSA) is 108 Å². The van der Waals surface area contributed by atoms with Crippen LogP contribution in [-0.4, -0.2) is 82.4 Å². The molecule has 202 valence electrons. The highest BCUT2D eigenvalue weighted by Crippen LogP contribution is 2.49. The molecule has 1 aliphatic heterocycles. The van der Waals surface area contributed by atoms with Crippen LogP contribution in [0.1, 0.15) is 56.1 Å². The number of nitrogens with one attached hydrogen (secondary N) is 2.